The average molecular weight is 399 g/mol. The first-order chi connectivity index (χ1) is 11.4. The van der Waals surface area contributed by atoms with Gasteiger partial charge in [0.15, 0.2) is 11.1 Å². The third kappa shape index (κ3) is 8.45. The number of rotatable bonds is 13. The van der Waals surface area contributed by atoms with Crippen molar-refractivity contribution < 1.29 is 23.7 Å². The zero-order valence-corrected chi connectivity index (χ0v) is 19.6. The molecule has 0 heterocycles. The van der Waals surface area contributed by atoms with Crippen LogP contribution in [0.25, 0.3) is 0 Å². The van der Waals surface area contributed by atoms with Crippen molar-refractivity contribution in [3.8, 4) is 0 Å². The number of methoxy groups -OCH3 is 4. The molecule has 0 spiro atoms. The lowest BCUT2D eigenvalue weighted by Crippen LogP contribution is -2.54. The topological polar surface area (TPSA) is 72.2 Å². The van der Waals surface area contributed by atoms with Gasteiger partial charge < -0.3 is 29.4 Å². The summed E-state index contributed by atoms with van der Waals surface area (Å²) in [5.74, 6) is 0. The summed E-state index contributed by atoms with van der Waals surface area (Å²) in [5, 5.41) is 0. The number of ether oxygens (including phenoxy) is 5. The zero-order chi connectivity index (χ0) is 19.9. The molecular weight excluding hydrogens is 360 g/mol. The highest BCUT2D eigenvalue weighted by Gasteiger charge is 2.41. The molecule has 2 N–H and O–H groups in total. The monoisotopic (exact) mass is 399 g/mol. The van der Waals surface area contributed by atoms with E-state index in [1.54, 1.807) is 28.4 Å². The number of hydrogen-bond acceptors (Lipinski definition) is 6. The van der Waals surface area contributed by atoms with E-state index >= 15 is 0 Å². The predicted octanol–water partition coefficient (Wildman–Crippen LogP) is 3.52. The Morgan fingerprint density at radius 2 is 1.20 bits per heavy atom. The molecule has 25 heavy (non-hydrogen) atoms. The summed E-state index contributed by atoms with van der Waals surface area (Å²) in [5.41, 5.74) is 5.05. The average Bonchev–Trinajstić information content (AvgIpc) is 2.53. The Morgan fingerprint density at radius 3 is 1.56 bits per heavy atom. The van der Waals surface area contributed by atoms with E-state index in [1.165, 1.54) is 0 Å². The molecule has 0 aromatic carbocycles. The second kappa shape index (κ2) is 10.8. The molecule has 0 aromatic rings. The molecule has 0 aliphatic carbocycles. The minimum absolute atomic E-state index is 0.0281. The van der Waals surface area contributed by atoms with E-state index in [1.807, 2.05) is 27.7 Å². The fourth-order valence-corrected chi connectivity index (χ4v) is 5.67. The normalized spacial score (nSPS) is 19.2. The molecule has 5 unspecified atom stereocenters. The van der Waals surface area contributed by atoms with Gasteiger partial charge in [0.05, 0.1) is 6.10 Å². The van der Waals surface area contributed by atoms with Gasteiger partial charge in [0, 0.05) is 34.1 Å². The van der Waals surface area contributed by atoms with E-state index in [4.69, 9.17) is 29.4 Å². The molecule has 6 nitrogen and oxygen atoms in total. The van der Waals surface area contributed by atoms with E-state index in [9.17, 15) is 0 Å². The van der Waals surface area contributed by atoms with Crippen molar-refractivity contribution >= 4 is 17.2 Å². The lowest BCUT2D eigenvalue weighted by molar-refractivity contribution is -0.128. The van der Waals surface area contributed by atoms with Gasteiger partial charge in [0.2, 0.25) is 0 Å². The minimum Gasteiger partial charge on any atom is -0.358 e. The van der Waals surface area contributed by atoms with Crippen molar-refractivity contribution in [3.63, 3.8) is 0 Å². The van der Waals surface area contributed by atoms with Crippen LogP contribution < -0.4 is 5.73 Å². The molecule has 0 rings (SSSR count). The number of hydrogen-bond donors (Lipinski definition) is 1. The van der Waals surface area contributed by atoms with E-state index in [0.29, 0.717) is 23.6 Å². The largest absolute Gasteiger partial charge is 0.358 e. The van der Waals surface area contributed by atoms with Crippen LogP contribution in [0.4, 0.5) is 0 Å². The highest BCUT2D eigenvalue weighted by molar-refractivity contribution is 7.40. The van der Waals surface area contributed by atoms with Crippen molar-refractivity contribution in [3.05, 3.63) is 0 Å². The molecule has 0 fully saturated rings. The first-order valence-corrected chi connectivity index (χ1v) is 10.8. The van der Waals surface area contributed by atoms with Gasteiger partial charge in [-0.1, -0.05) is 31.0 Å². The first kappa shape index (κ1) is 25.6. The quantitative estimate of drug-likeness (QED) is 0.377. The van der Waals surface area contributed by atoms with Crippen LogP contribution >= 0.6 is 17.2 Å². The van der Waals surface area contributed by atoms with Crippen molar-refractivity contribution in [2.24, 2.45) is 5.73 Å². The molecular formula is C17H39NO5P2. The highest BCUT2D eigenvalue weighted by Crippen LogP contribution is 2.46. The van der Waals surface area contributed by atoms with Crippen LogP contribution in [-0.2, 0) is 23.7 Å². The summed E-state index contributed by atoms with van der Waals surface area (Å²) in [6.07, 6.45) is 0.726. The van der Waals surface area contributed by atoms with Crippen molar-refractivity contribution in [2.45, 2.75) is 82.2 Å². The molecule has 0 amide bonds. The molecule has 8 heteroatoms. The summed E-state index contributed by atoms with van der Waals surface area (Å²) in [6, 6.07) is 0. The Bertz CT molecular complexity index is 378. The van der Waals surface area contributed by atoms with E-state index in [0.717, 1.165) is 0 Å². The zero-order valence-electron chi connectivity index (χ0n) is 17.6. The van der Waals surface area contributed by atoms with Crippen molar-refractivity contribution in [1.29, 1.82) is 0 Å². The Labute approximate surface area is 157 Å². The van der Waals surface area contributed by atoms with E-state index < -0.39 is 16.8 Å². The van der Waals surface area contributed by atoms with Crippen LogP contribution in [-0.4, -0.2) is 62.6 Å². The summed E-state index contributed by atoms with van der Waals surface area (Å²) >= 11 is 0. The maximum atomic E-state index is 6.76. The van der Waals surface area contributed by atoms with Gasteiger partial charge in [-0.3, -0.25) is 0 Å². The summed E-state index contributed by atoms with van der Waals surface area (Å²) in [6.45, 7) is 12.1. The number of nitrogens with two attached hydrogens (primary N) is 1. The Kier molecular flexibility index (Phi) is 11.1. The smallest absolute Gasteiger partial charge is 0.180 e. The lowest BCUT2D eigenvalue weighted by Gasteiger charge is -2.42. The molecule has 152 valence electrons. The van der Waals surface area contributed by atoms with E-state index in [-0.39, 0.29) is 17.4 Å². The fraction of sp³-hybridized carbons (Fsp3) is 1.00. The van der Waals surface area contributed by atoms with Crippen LogP contribution in [0.3, 0.4) is 0 Å². The van der Waals surface area contributed by atoms with Crippen LogP contribution in [0.2, 0.25) is 0 Å². The Balaban J connectivity index is 5.25. The fourth-order valence-electron chi connectivity index (χ4n) is 2.66. The van der Waals surface area contributed by atoms with Crippen LogP contribution in [0.5, 0.6) is 0 Å². The summed E-state index contributed by atoms with van der Waals surface area (Å²) < 4.78 is 28.2. The standard InChI is InChI=1S/C17H39NO5P2/c1-12(2)23-17(18,14(4)25-16(6,21-9)22-10)11-13(3)24-15(5,19-7)20-8/h12-14,24-25H,11,18H2,1-10H3. The van der Waals surface area contributed by atoms with Crippen molar-refractivity contribution in [1.82, 2.24) is 0 Å². The molecule has 0 aliphatic heterocycles. The predicted molar refractivity (Wildman–Crippen MR) is 108 cm³/mol. The highest BCUT2D eigenvalue weighted by atomic mass is 31.1. The molecule has 0 aromatic heterocycles. The second-order valence-corrected chi connectivity index (χ2v) is 11.2. The molecule has 5 atom stereocenters. The van der Waals surface area contributed by atoms with Gasteiger partial charge in [-0.2, -0.15) is 0 Å². The molecule has 0 aliphatic rings. The SMILES string of the molecule is COC(C)(OC)PC(C)CC(N)(OC(C)C)C(C)PC(C)(OC)OC. The first-order valence-electron chi connectivity index (χ1n) is 8.62. The Morgan fingerprint density at radius 1 is 0.800 bits per heavy atom. The third-order valence-corrected chi connectivity index (χ3v) is 7.84. The maximum absolute atomic E-state index is 6.76. The molecule has 0 bridgehead atoms. The van der Waals surface area contributed by atoms with Crippen LogP contribution in [0.15, 0.2) is 0 Å². The van der Waals surface area contributed by atoms with Gasteiger partial charge in [-0.05, 0) is 39.8 Å². The van der Waals surface area contributed by atoms with E-state index in [2.05, 4.69) is 13.8 Å². The minimum atomic E-state index is -0.778. The van der Waals surface area contributed by atoms with Gasteiger partial charge in [0.1, 0.15) is 5.72 Å². The Hall–Kier alpha value is 0.620. The molecule has 0 saturated carbocycles. The summed E-state index contributed by atoms with van der Waals surface area (Å²) in [4.78, 5) is 0. The second-order valence-electron chi connectivity index (χ2n) is 6.95. The third-order valence-electron chi connectivity index (χ3n) is 4.36. The molecule has 0 saturated heterocycles. The lowest BCUT2D eigenvalue weighted by atomic mass is 10.0. The van der Waals surface area contributed by atoms with Crippen LogP contribution in [0, 0.1) is 0 Å². The summed E-state index contributed by atoms with van der Waals surface area (Å²) in [7, 11) is 7.40. The van der Waals surface area contributed by atoms with Gasteiger partial charge in [-0.15, -0.1) is 0 Å². The maximum Gasteiger partial charge on any atom is 0.180 e. The van der Waals surface area contributed by atoms with Gasteiger partial charge in [-0.25, -0.2) is 0 Å². The van der Waals surface area contributed by atoms with Gasteiger partial charge in [0.25, 0.3) is 0 Å². The van der Waals surface area contributed by atoms with Gasteiger partial charge >= 0.3 is 0 Å². The molecule has 0 radical (unpaired) electrons. The van der Waals surface area contributed by atoms with Crippen molar-refractivity contribution in [2.75, 3.05) is 28.4 Å². The van der Waals surface area contributed by atoms with Crippen LogP contribution in [0.1, 0.15) is 48.0 Å².